The first kappa shape index (κ1) is 31.7. The molecule has 2 aliphatic heterocycles. The summed E-state index contributed by atoms with van der Waals surface area (Å²) in [4.78, 5) is 4.30. The lowest BCUT2D eigenvalue weighted by Crippen LogP contribution is -2.57. The summed E-state index contributed by atoms with van der Waals surface area (Å²) in [5, 5.41) is 15.8. The number of hydrogen-bond donors (Lipinski definition) is 0. The van der Waals surface area contributed by atoms with Crippen molar-refractivity contribution in [2.24, 2.45) is 0 Å². The highest BCUT2D eigenvalue weighted by atomic mass is 79.9. The molecule has 5 aromatic rings. The number of aromatic nitrogens is 6. The van der Waals surface area contributed by atoms with Crippen LogP contribution >= 0.6 is 50.5 Å². The third-order valence-electron chi connectivity index (χ3n) is 7.70. The molecule has 5 heterocycles. The number of ether oxygens (including phenoxy) is 4. The van der Waals surface area contributed by atoms with Gasteiger partial charge in [-0.25, -0.2) is 14.3 Å². The van der Waals surface area contributed by atoms with Crippen molar-refractivity contribution in [3.8, 4) is 16.4 Å². The van der Waals surface area contributed by atoms with Crippen LogP contribution in [0.2, 0.25) is 10.2 Å². The van der Waals surface area contributed by atoms with Gasteiger partial charge in [0.15, 0.2) is 6.29 Å². The Morgan fingerprint density at radius 3 is 2.61 bits per heavy atom. The quantitative estimate of drug-likeness (QED) is 0.176. The Bertz CT molecular complexity index is 1860. The van der Waals surface area contributed by atoms with E-state index in [2.05, 4.69) is 36.3 Å². The predicted octanol–water partition coefficient (Wildman–Crippen LogP) is 7.49. The SMILES string of the molecule is COC1[C@@H](n2cc(-c3nc(Cl)cs3)nn2)[C@H]2OC(c3ccccc3)OCC2O[C@H]1c1cc(Br)nn1-c1cc(Cl)ccc1C(F)(F)F. The number of hydrogen-bond acceptors (Lipinski definition) is 9. The fourth-order valence-corrected chi connectivity index (χ4v) is 7.21. The Morgan fingerprint density at radius 2 is 1.89 bits per heavy atom. The number of methoxy groups -OCH3 is 1. The second kappa shape index (κ2) is 12.6. The van der Waals surface area contributed by atoms with E-state index < -0.39 is 48.5 Å². The lowest BCUT2D eigenvalue weighted by Gasteiger charge is -2.49. The molecule has 2 aromatic carbocycles. The molecule has 0 N–H and O–H groups in total. The van der Waals surface area contributed by atoms with Gasteiger partial charge in [-0.2, -0.15) is 18.3 Å². The summed E-state index contributed by atoms with van der Waals surface area (Å²) in [5.74, 6) is 0. The highest BCUT2D eigenvalue weighted by molar-refractivity contribution is 9.10. The van der Waals surface area contributed by atoms with E-state index in [-0.39, 0.29) is 27.6 Å². The number of fused-ring (bicyclic) bond motifs is 1. The molecule has 240 valence electrons. The van der Waals surface area contributed by atoms with Gasteiger partial charge < -0.3 is 18.9 Å². The first-order valence-corrected chi connectivity index (χ1v) is 16.2. The molecule has 6 atom stereocenters. The topological polar surface area (TPSA) is 98.3 Å². The van der Waals surface area contributed by atoms with Crippen molar-refractivity contribution in [2.45, 2.75) is 42.9 Å². The second-order valence-electron chi connectivity index (χ2n) is 10.5. The molecule has 0 spiro atoms. The minimum absolute atomic E-state index is 0.102. The van der Waals surface area contributed by atoms with E-state index in [4.69, 9.17) is 42.1 Å². The first-order chi connectivity index (χ1) is 22.1. The van der Waals surface area contributed by atoms with Crippen LogP contribution in [0, 0.1) is 0 Å². The number of halogens is 6. The molecule has 10 nitrogen and oxygen atoms in total. The predicted molar refractivity (Wildman–Crippen MR) is 165 cm³/mol. The summed E-state index contributed by atoms with van der Waals surface area (Å²) < 4.78 is 70.9. The molecule has 0 bridgehead atoms. The van der Waals surface area contributed by atoms with E-state index >= 15 is 0 Å². The van der Waals surface area contributed by atoms with E-state index in [1.54, 1.807) is 22.3 Å². The summed E-state index contributed by atoms with van der Waals surface area (Å²) >= 11 is 16.9. The summed E-state index contributed by atoms with van der Waals surface area (Å²) in [6, 6.07) is 13.6. The summed E-state index contributed by atoms with van der Waals surface area (Å²) in [6.45, 7) is 0.109. The normalized spacial score (nSPS) is 25.0. The molecule has 0 radical (unpaired) electrons. The number of thiazole rings is 1. The molecular weight excluding hydrogens is 736 g/mol. The second-order valence-corrected chi connectivity index (χ2v) is 13.0. The van der Waals surface area contributed by atoms with Crippen LogP contribution in [0.25, 0.3) is 16.4 Å². The van der Waals surface area contributed by atoms with E-state index in [0.29, 0.717) is 15.9 Å². The highest BCUT2D eigenvalue weighted by Gasteiger charge is 2.53. The zero-order valence-corrected chi connectivity index (χ0v) is 27.4. The minimum Gasteiger partial charge on any atom is -0.376 e. The molecule has 3 unspecified atom stereocenters. The van der Waals surface area contributed by atoms with Crippen LogP contribution in [-0.4, -0.2) is 61.8 Å². The molecule has 17 heteroatoms. The number of alkyl halides is 3. The first-order valence-electron chi connectivity index (χ1n) is 13.8. The maximum Gasteiger partial charge on any atom is 0.418 e. The van der Waals surface area contributed by atoms with E-state index in [1.807, 2.05) is 30.3 Å². The molecule has 2 saturated heterocycles. The molecule has 2 aliphatic rings. The fraction of sp³-hybridized carbons (Fsp3) is 0.310. The third kappa shape index (κ3) is 5.99. The number of nitrogens with zero attached hydrogens (tertiary/aromatic N) is 6. The molecule has 0 amide bonds. The van der Waals surface area contributed by atoms with Gasteiger partial charge in [-0.15, -0.1) is 16.4 Å². The van der Waals surface area contributed by atoms with Crippen molar-refractivity contribution < 1.29 is 32.1 Å². The van der Waals surface area contributed by atoms with Crippen molar-refractivity contribution in [2.75, 3.05) is 13.7 Å². The largest absolute Gasteiger partial charge is 0.418 e. The van der Waals surface area contributed by atoms with Gasteiger partial charge in [-0.1, -0.05) is 58.7 Å². The van der Waals surface area contributed by atoms with Crippen LogP contribution in [0.15, 0.2) is 70.8 Å². The van der Waals surface area contributed by atoms with Gasteiger partial charge in [0.25, 0.3) is 0 Å². The van der Waals surface area contributed by atoms with E-state index in [1.165, 1.54) is 30.6 Å². The average molecular weight is 758 g/mol. The summed E-state index contributed by atoms with van der Waals surface area (Å²) in [6.07, 6.45) is -6.90. The van der Waals surface area contributed by atoms with Crippen LogP contribution in [-0.2, 0) is 25.1 Å². The van der Waals surface area contributed by atoms with E-state index in [9.17, 15) is 13.2 Å². The molecule has 2 fully saturated rings. The van der Waals surface area contributed by atoms with Gasteiger partial charge in [0.2, 0.25) is 0 Å². The van der Waals surface area contributed by atoms with Crippen molar-refractivity contribution in [1.82, 2.24) is 29.8 Å². The van der Waals surface area contributed by atoms with Crippen LogP contribution in [0.1, 0.15) is 35.3 Å². The molecule has 0 saturated carbocycles. The van der Waals surface area contributed by atoms with Gasteiger partial charge >= 0.3 is 6.18 Å². The molecule has 7 rings (SSSR count). The molecule has 46 heavy (non-hydrogen) atoms. The summed E-state index contributed by atoms with van der Waals surface area (Å²) in [5.41, 5.74) is 0.342. The molecule has 3 aromatic heterocycles. The highest BCUT2D eigenvalue weighted by Crippen LogP contribution is 2.46. The van der Waals surface area contributed by atoms with Crippen molar-refractivity contribution >= 4 is 50.5 Å². The lowest BCUT2D eigenvalue weighted by molar-refractivity contribution is -0.320. The van der Waals surface area contributed by atoms with Gasteiger partial charge in [-0.05, 0) is 40.2 Å². The Labute approximate surface area is 282 Å². The van der Waals surface area contributed by atoms with Crippen LogP contribution in [0.5, 0.6) is 0 Å². The zero-order chi connectivity index (χ0) is 32.2. The van der Waals surface area contributed by atoms with Gasteiger partial charge in [0.1, 0.15) is 50.9 Å². The minimum atomic E-state index is -4.69. The van der Waals surface area contributed by atoms with Gasteiger partial charge in [0, 0.05) is 23.1 Å². The zero-order valence-electron chi connectivity index (χ0n) is 23.5. The molecular formula is C29H22BrCl2F3N6O4S. The lowest BCUT2D eigenvalue weighted by atomic mass is 9.90. The van der Waals surface area contributed by atoms with Crippen molar-refractivity contribution in [3.63, 3.8) is 0 Å². The van der Waals surface area contributed by atoms with E-state index in [0.717, 1.165) is 16.3 Å². The maximum atomic E-state index is 14.2. The van der Waals surface area contributed by atoms with Crippen LogP contribution < -0.4 is 0 Å². The third-order valence-corrected chi connectivity index (χ3v) is 9.51. The Morgan fingerprint density at radius 1 is 1.09 bits per heavy atom. The van der Waals surface area contributed by atoms with Crippen molar-refractivity contribution in [1.29, 1.82) is 0 Å². The average Bonchev–Trinajstić information content (AvgIpc) is 3.79. The van der Waals surface area contributed by atoms with Crippen LogP contribution in [0.3, 0.4) is 0 Å². The molecule has 0 aliphatic carbocycles. The maximum absolute atomic E-state index is 14.2. The standard InChI is InChI=1S/C29H22BrCl2F3N6O4S/c1-42-26-23(40-11-17(37-39-40)27-36-22(32)13-46-27)25-20(12-43-28(45-25)14-5-3-2-4-6-14)44-24(26)19-10-21(30)38-41(19)18-9-15(31)7-8-16(18)29(33,34)35/h2-11,13,20,23-26,28H,12H2,1H3/t20?,23-,24-,25-,26?,28?/m0/s1. The monoisotopic (exact) mass is 756 g/mol. The van der Waals surface area contributed by atoms with Gasteiger partial charge in [0.05, 0.1) is 29.7 Å². The Balaban J connectivity index is 1.33. The summed E-state index contributed by atoms with van der Waals surface area (Å²) in [7, 11) is 1.48. The smallest absolute Gasteiger partial charge is 0.376 e. The Hall–Kier alpha value is -2.89. The fourth-order valence-electron chi connectivity index (χ4n) is 5.76. The van der Waals surface area contributed by atoms with Gasteiger partial charge in [-0.3, -0.25) is 0 Å². The Kier molecular flexibility index (Phi) is 8.69. The van der Waals surface area contributed by atoms with Crippen LogP contribution in [0.4, 0.5) is 13.2 Å². The number of benzene rings is 2. The van der Waals surface area contributed by atoms with Crippen molar-refractivity contribution in [3.05, 3.63) is 97.8 Å². The number of rotatable bonds is 6.